The number of carbonyl (C=O) groups excluding carboxylic acids is 1. The van der Waals surface area contributed by atoms with Gasteiger partial charge in [0.2, 0.25) is 0 Å². The summed E-state index contributed by atoms with van der Waals surface area (Å²) in [7, 11) is 0. The Labute approximate surface area is 151 Å². The molecule has 2 aliphatic rings. The van der Waals surface area contributed by atoms with Crippen molar-refractivity contribution in [2.75, 3.05) is 19.6 Å². The molecular formula is C21H32N2O2. The van der Waals surface area contributed by atoms with E-state index >= 15 is 0 Å². The zero-order chi connectivity index (χ0) is 17.9. The van der Waals surface area contributed by atoms with E-state index in [9.17, 15) is 4.79 Å². The zero-order valence-corrected chi connectivity index (χ0v) is 15.9. The summed E-state index contributed by atoms with van der Waals surface area (Å²) in [6.07, 6.45) is 5.83. The van der Waals surface area contributed by atoms with E-state index in [0.717, 1.165) is 6.54 Å². The average molecular weight is 344 g/mol. The molecule has 0 spiro atoms. The standard InChI is InChI=1S/C21H32N2O2/c1-21(2,3)25-20(24)22-14-16-8-7-13-23(15-16)19-12-6-10-17-9-4-5-11-18(17)19/h4-5,9,11,16,19H,6-8,10,12-15H2,1-3H3,(H,22,24). The van der Waals surface area contributed by atoms with Gasteiger partial charge in [0.25, 0.3) is 0 Å². The fourth-order valence-corrected chi connectivity index (χ4v) is 4.20. The monoisotopic (exact) mass is 344 g/mol. The summed E-state index contributed by atoms with van der Waals surface area (Å²) < 4.78 is 5.35. The number of nitrogens with one attached hydrogen (secondary N) is 1. The predicted molar refractivity (Wildman–Crippen MR) is 101 cm³/mol. The first-order chi connectivity index (χ1) is 11.9. The van der Waals surface area contributed by atoms with Crippen molar-refractivity contribution < 1.29 is 9.53 Å². The van der Waals surface area contributed by atoms with Gasteiger partial charge >= 0.3 is 6.09 Å². The quantitative estimate of drug-likeness (QED) is 0.889. The van der Waals surface area contributed by atoms with Crippen molar-refractivity contribution in [3.63, 3.8) is 0 Å². The molecule has 138 valence electrons. The normalized spacial score (nSPS) is 24.4. The van der Waals surface area contributed by atoms with Crippen LogP contribution in [0.25, 0.3) is 0 Å². The van der Waals surface area contributed by atoms with Crippen LogP contribution >= 0.6 is 0 Å². The fraction of sp³-hybridized carbons (Fsp3) is 0.667. The number of ether oxygens (including phenoxy) is 1. The Bertz CT molecular complexity index is 594. The smallest absolute Gasteiger partial charge is 0.407 e. The second kappa shape index (κ2) is 7.77. The first kappa shape index (κ1) is 18.2. The Morgan fingerprint density at radius 1 is 1.24 bits per heavy atom. The number of carbonyl (C=O) groups is 1. The maximum Gasteiger partial charge on any atom is 0.407 e. The Morgan fingerprint density at radius 3 is 2.84 bits per heavy atom. The topological polar surface area (TPSA) is 41.6 Å². The molecule has 1 amide bonds. The predicted octanol–water partition coefficient (Wildman–Crippen LogP) is 4.30. The largest absolute Gasteiger partial charge is 0.444 e. The van der Waals surface area contributed by atoms with Crippen molar-refractivity contribution in [1.29, 1.82) is 0 Å². The molecule has 3 rings (SSSR count). The highest BCUT2D eigenvalue weighted by Gasteiger charge is 2.30. The van der Waals surface area contributed by atoms with Crippen LogP contribution in [0.15, 0.2) is 24.3 Å². The fourth-order valence-electron chi connectivity index (χ4n) is 4.20. The SMILES string of the molecule is CC(C)(C)OC(=O)NCC1CCCN(C2CCCc3ccccc32)C1. The zero-order valence-electron chi connectivity index (χ0n) is 15.9. The van der Waals surface area contributed by atoms with Crippen LogP contribution in [0.5, 0.6) is 0 Å². The minimum absolute atomic E-state index is 0.298. The third kappa shape index (κ3) is 4.97. The molecule has 1 aromatic carbocycles. The lowest BCUT2D eigenvalue weighted by molar-refractivity contribution is 0.0496. The molecule has 0 radical (unpaired) electrons. The van der Waals surface area contributed by atoms with E-state index in [1.807, 2.05) is 20.8 Å². The Balaban J connectivity index is 1.56. The van der Waals surface area contributed by atoms with Crippen molar-refractivity contribution in [3.8, 4) is 0 Å². The van der Waals surface area contributed by atoms with Gasteiger partial charge in [0.1, 0.15) is 5.60 Å². The van der Waals surface area contributed by atoms with Crippen molar-refractivity contribution in [2.24, 2.45) is 5.92 Å². The Hall–Kier alpha value is -1.55. The average Bonchev–Trinajstić information content (AvgIpc) is 2.58. The number of amides is 1. The summed E-state index contributed by atoms with van der Waals surface area (Å²) >= 11 is 0. The minimum Gasteiger partial charge on any atom is -0.444 e. The third-order valence-corrected chi connectivity index (χ3v) is 5.26. The van der Waals surface area contributed by atoms with E-state index in [0.29, 0.717) is 18.5 Å². The van der Waals surface area contributed by atoms with E-state index < -0.39 is 5.60 Å². The summed E-state index contributed by atoms with van der Waals surface area (Å²) in [5, 5.41) is 2.96. The summed E-state index contributed by atoms with van der Waals surface area (Å²) in [6, 6.07) is 9.47. The third-order valence-electron chi connectivity index (χ3n) is 5.26. The molecule has 2 unspecified atom stereocenters. The maximum absolute atomic E-state index is 11.9. The summed E-state index contributed by atoms with van der Waals surface area (Å²) in [6.45, 7) is 8.64. The van der Waals surface area contributed by atoms with Gasteiger partial charge in [-0.15, -0.1) is 0 Å². The minimum atomic E-state index is -0.436. The van der Waals surface area contributed by atoms with E-state index in [2.05, 4.69) is 34.5 Å². The number of alkyl carbamates (subject to hydrolysis) is 1. The van der Waals surface area contributed by atoms with Gasteiger partial charge in [-0.2, -0.15) is 0 Å². The molecule has 25 heavy (non-hydrogen) atoms. The second-order valence-corrected chi connectivity index (χ2v) is 8.49. The van der Waals surface area contributed by atoms with Gasteiger partial charge in [-0.1, -0.05) is 24.3 Å². The number of hydrogen-bond acceptors (Lipinski definition) is 3. The first-order valence-corrected chi connectivity index (χ1v) is 9.71. The first-order valence-electron chi connectivity index (χ1n) is 9.71. The number of rotatable bonds is 3. The van der Waals surface area contributed by atoms with Crippen LogP contribution in [0, 0.1) is 5.92 Å². The molecule has 4 heteroatoms. The number of hydrogen-bond donors (Lipinski definition) is 1. The van der Waals surface area contributed by atoms with Crippen LogP contribution in [-0.2, 0) is 11.2 Å². The lowest BCUT2D eigenvalue weighted by Gasteiger charge is -2.41. The molecular weight excluding hydrogens is 312 g/mol. The molecule has 1 saturated heterocycles. The maximum atomic E-state index is 11.9. The van der Waals surface area contributed by atoms with Crippen LogP contribution in [0.1, 0.15) is 63.6 Å². The molecule has 1 aliphatic heterocycles. The van der Waals surface area contributed by atoms with Crippen LogP contribution < -0.4 is 5.32 Å². The Kier molecular flexibility index (Phi) is 5.67. The van der Waals surface area contributed by atoms with Crippen molar-refractivity contribution in [1.82, 2.24) is 10.2 Å². The van der Waals surface area contributed by atoms with Crippen LogP contribution in [0.2, 0.25) is 0 Å². The number of aryl methyl sites for hydroxylation is 1. The van der Waals surface area contributed by atoms with E-state index in [1.54, 1.807) is 0 Å². The van der Waals surface area contributed by atoms with Gasteiger partial charge < -0.3 is 10.1 Å². The molecule has 1 aromatic rings. The van der Waals surface area contributed by atoms with Gasteiger partial charge in [0.15, 0.2) is 0 Å². The second-order valence-electron chi connectivity index (χ2n) is 8.49. The number of piperidine rings is 1. The number of likely N-dealkylation sites (tertiary alicyclic amines) is 1. The van der Waals surface area contributed by atoms with E-state index in [4.69, 9.17) is 4.74 Å². The van der Waals surface area contributed by atoms with E-state index in [1.165, 1.54) is 49.8 Å². The molecule has 4 nitrogen and oxygen atoms in total. The number of fused-ring (bicyclic) bond motifs is 1. The summed E-state index contributed by atoms with van der Waals surface area (Å²) in [4.78, 5) is 14.5. The molecule has 1 fully saturated rings. The lowest BCUT2D eigenvalue weighted by atomic mass is 9.85. The Morgan fingerprint density at radius 2 is 2.04 bits per heavy atom. The van der Waals surface area contributed by atoms with Gasteiger partial charge in [0.05, 0.1) is 0 Å². The lowest BCUT2D eigenvalue weighted by Crippen LogP contribution is -2.44. The highest BCUT2D eigenvalue weighted by Crippen LogP contribution is 2.36. The molecule has 0 aromatic heterocycles. The van der Waals surface area contributed by atoms with Gasteiger partial charge in [-0.3, -0.25) is 4.90 Å². The van der Waals surface area contributed by atoms with Gasteiger partial charge in [-0.05, 0) is 76.5 Å². The van der Waals surface area contributed by atoms with Crippen LogP contribution in [0.4, 0.5) is 4.79 Å². The van der Waals surface area contributed by atoms with Crippen molar-refractivity contribution in [3.05, 3.63) is 35.4 Å². The molecule has 0 bridgehead atoms. The van der Waals surface area contributed by atoms with Crippen molar-refractivity contribution in [2.45, 2.75) is 64.5 Å². The summed E-state index contributed by atoms with van der Waals surface area (Å²) in [5.41, 5.74) is 2.61. The highest BCUT2D eigenvalue weighted by molar-refractivity contribution is 5.67. The number of benzene rings is 1. The number of nitrogens with zero attached hydrogens (tertiary/aromatic N) is 1. The molecule has 1 N–H and O–H groups in total. The van der Waals surface area contributed by atoms with E-state index in [-0.39, 0.29) is 6.09 Å². The van der Waals surface area contributed by atoms with Gasteiger partial charge in [0, 0.05) is 19.1 Å². The molecule has 1 heterocycles. The van der Waals surface area contributed by atoms with Gasteiger partial charge in [-0.25, -0.2) is 4.79 Å². The summed E-state index contributed by atoms with van der Waals surface area (Å²) in [5.74, 6) is 0.510. The van der Waals surface area contributed by atoms with Crippen molar-refractivity contribution >= 4 is 6.09 Å². The molecule has 0 saturated carbocycles. The van der Waals surface area contributed by atoms with Crippen LogP contribution in [0.3, 0.4) is 0 Å². The van der Waals surface area contributed by atoms with Crippen LogP contribution in [-0.4, -0.2) is 36.2 Å². The molecule has 1 aliphatic carbocycles. The highest BCUT2D eigenvalue weighted by atomic mass is 16.6. The molecule has 2 atom stereocenters.